The lowest BCUT2D eigenvalue weighted by Gasteiger charge is -2.02. The summed E-state index contributed by atoms with van der Waals surface area (Å²) >= 11 is 0. The number of aliphatic hydroxyl groups is 1. The van der Waals surface area contributed by atoms with Gasteiger partial charge in [-0.25, -0.2) is 9.37 Å². The zero-order valence-electron chi connectivity index (χ0n) is 11.2. The number of fused-ring (bicyclic) bond motifs is 1. The van der Waals surface area contributed by atoms with Gasteiger partial charge in [-0.2, -0.15) is 0 Å². The molecule has 3 nitrogen and oxygen atoms in total. The number of aliphatic hydroxyl groups excluding tert-OH is 1. The van der Waals surface area contributed by atoms with Gasteiger partial charge in [-0.1, -0.05) is 29.8 Å². The van der Waals surface area contributed by atoms with Crippen LogP contribution in [0.2, 0.25) is 0 Å². The molecule has 0 atom stereocenters. The second-order valence-electron chi connectivity index (χ2n) is 4.88. The smallest absolute Gasteiger partial charge is 0.173 e. The van der Waals surface area contributed by atoms with E-state index >= 15 is 0 Å². The minimum Gasteiger partial charge on any atom is -0.390 e. The van der Waals surface area contributed by atoms with Gasteiger partial charge in [-0.15, -0.1) is 0 Å². The average molecular weight is 270 g/mol. The van der Waals surface area contributed by atoms with E-state index in [4.69, 9.17) is 0 Å². The normalized spacial score (nSPS) is 11.2. The molecule has 0 aliphatic carbocycles. The summed E-state index contributed by atoms with van der Waals surface area (Å²) in [6.07, 6.45) is 2.30. The Morgan fingerprint density at radius 3 is 2.65 bits per heavy atom. The molecule has 0 radical (unpaired) electrons. The van der Waals surface area contributed by atoms with Gasteiger partial charge in [0, 0.05) is 12.6 Å². The van der Waals surface area contributed by atoms with Crippen LogP contribution in [-0.2, 0) is 13.0 Å². The quantitative estimate of drug-likeness (QED) is 0.794. The molecule has 20 heavy (non-hydrogen) atoms. The lowest BCUT2D eigenvalue weighted by Crippen LogP contribution is -1.98. The fourth-order valence-electron chi connectivity index (χ4n) is 2.34. The van der Waals surface area contributed by atoms with Crippen molar-refractivity contribution in [2.75, 3.05) is 0 Å². The molecule has 3 rings (SSSR count). The Labute approximate surface area is 116 Å². The van der Waals surface area contributed by atoms with Gasteiger partial charge in [0.2, 0.25) is 0 Å². The Morgan fingerprint density at radius 2 is 1.95 bits per heavy atom. The molecule has 0 unspecified atom stereocenters. The molecule has 1 aromatic carbocycles. The highest BCUT2D eigenvalue weighted by atomic mass is 19.1. The standard InChI is InChI=1S/C16H15FN2O/c1-11-4-6-12(7-5-11)9-14-15(10-20)19-8-2-3-13(17)16(19)18-14/h2-8,20H,9-10H2,1H3. The third-order valence-corrected chi connectivity index (χ3v) is 3.43. The number of imidazole rings is 1. The van der Waals surface area contributed by atoms with E-state index in [2.05, 4.69) is 4.98 Å². The minimum atomic E-state index is -0.377. The van der Waals surface area contributed by atoms with Crippen LogP contribution in [0.25, 0.3) is 5.65 Å². The van der Waals surface area contributed by atoms with Crippen LogP contribution < -0.4 is 0 Å². The van der Waals surface area contributed by atoms with Crippen molar-refractivity contribution in [3.05, 3.63) is 70.9 Å². The average Bonchev–Trinajstić information content (AvgIpc) is 2.80. The molecule has 1 N–H and O–H groups in total. The molecule has 0 saturated heterocycles. The second-order valence-corrected chi connectivity index (χ2v) is 4.88. The number of aromatic nitrogens is 2. The van der Waals surface area contributed by atoms with Crippen molar-refractivity contribution in [1.82, 2.24) is 9.38 Å². The van der Waals surface area contributed by atoms with Crippen LogP contribution in [0.15, 0.2) is 42.6 Å². The van der Waals surface area contributed by atoms with Crippen molar-refractivity contribution in [2.45, 2.75) is 20.0 Å². The zero-order chi connectivity index (χ0) is 14.1. The molecule has 0 bridgehead atoms. The van der Waals surface area contributed by atoms with Crippen LogP contribution in [0.5, 0.6) is 0 Å². The van der Waals surface area contributed by atoms with Crippen molar-refractivity contribution in [2.24, 2.45) is 0 Å². The van der Waals surface area contributed by atoms with Gasteiger partial charge in [0.1, 0.15) is 0 Å². The van der Waals surface area contributed by atoms with E-state index in [-0.39, 0.29) is 18.1 Å². The number of nitrogens with zero attached hydrogens (tertiary/aromatic N) is 2. The fraction of sp³-hybridized carbons (Fsp3) is 0.188. The summed E-state index contributed by atoms with van der Waals surface area (Å²) in [5.41, 5.74) is 3.89. The topological polar surface area (TPSA) is 37.5 Å². The molecule has 0 spiro atoms. The summed E-state index contributed by atoms with van der Waals surface area (Å²) in [7, 11) is 0. The first-order valence-corrected chi connectivity index (χ1v) is 6.50. The highest BCUT2D eigenvalue weighted by Gasteiger charge is 2.14. The van der Waals surface area contributed by atoms with Crippen LogP contribution in [0.3, 0.4) is 0 Å². The molecule has 3 aromatic rings. The van der Waals surface area contributed by atoms with Crippen LogP contribution in [-0.4, -0.2) is 14.5 Å². The molecular formula is C16H15FN2O. The highest BCUT2D eigenvalue weighted by Crippen LogP contribution is 2.19. The molecule has 102 valence electrons. The van der Waals surface area contributed by atoms with Crippen molar-refractivity contribution >= 4 is 5.65 Å². The maximum atomic E-state index is 13.7. The molecule has 2 heterocycles. The molecule has 0 fully saturated rings. The summed E-state index contributed by atoms with van der Waals surface area (Å²) < 4.78 is 15.4. The summed E-state index contributed by atoms with van der Waals surface area (Å²) in [5, 5.41) is 9.54. The number of halogens is 1. The molecule has 0 aliphatic rings. The van der Waals surface area contributed by atoms with Crippen molar-refractivity contribution in [3.63, 3.8) is 0 Å². The summed E-state index contributed by atoms with van der Waals surface area (Å²) in [4.78, 5) is 4.33. The van der Waals surface area contributed by atoms with E-state index < -0.39 is 0 Å². The van der Waals surface area contributed by atoms with Crippen molar-refractivity contribution in [3.8, 4) is 0 Å². The van der Waals surface area contributed by atoms with E-state index in [1.54, 1.807) is 16.7 Å². The lowest BCUT2D eigenvalue weighted by atomic mass is 10.1. The van der Waals surface area contributed by atoms with E-state index in [1.165, 1.54) is 11.6 Å². The van der Waals surface area contributed by atoms with Gasteiger partial charge in [0.15, 0.2) is 11.5 Å². The number of rotatable bonds is 3. The number of hydrogen-bond donors (Lipinski definition) is 1. The van der Waals surface area contributed by atoms with Crippen LogP contribution in [0.1, 0.15) is 22.5 Å². The Morgan fingerprint density at radius 1 is 1.20 bits per heavy atom. The van der Waals surface area contributed by atoms with Crippen LogP contribution >= 0.6 is 0 Å². The monoisotopic (exact) mass is 270 g/mol. The second kappa shape index (κ2) is 5.06. The van der Waals surface area contributed by atoms with Gasteiger partial charge >= 0.3 is 0 Å². The first kappa shape index (κ1) is 12.8. The zero-order valence-corrected chi connectivity index (χ0v) is 11.2. The van der Waals surface area contributed by atoms with Gasteiger partial charge in [0.05, 0.1) is 18.0 Å². The Hall–Kier alpha value is -2.20. The maximum absolute atomic E-state index is 13.7. The SMILES string of the molecule is Cc1ccc(Cc2nc3c(F)cccn3c2CO)cc1. The lowest BCUT2D eigenvalue weighted by molar-refractivity contribution is 0.274. The van der Waals surface area contributed by atoms with E-state index in [1.807, 2.05) is 31.2 Å². The first-order valence-electron chi connectivity index (χ1n) is 6.50. The third kappa shape index (κ3) is 2.18. The summed E-state index contributed by atoms with van der Waals surface area (Å²) in [6, 6.07) is 11.1. The molecule has 0 aliphatic heterocycles. The summed E-state index contributed by atoms with van der Waals surface area (Å²) in [5.74, 6) is -0.377. The number of hydrogen-bond acceptors (Lipinski definition) is 2. The molecule has 4 heteroatoms. The minimum absolute atomic E-state index is 0.161. The van der Waals surface area contributed by atoms with E-state index in [0.717, 1.165) is 5.56 Å². The fourth-order valence-corrected chi connectivity index (χ4v) is 2.34. The number of pyridine rings is 1. The first-order chi connectivity index (χ1) is 9.69. The van der Waals surface area contributed by atoms with Crippen molar-refractivity contribution in [1.29, 1.82) is 0 Å². The Bertz CT molecular complexity index is 747. The predicted molar refractivity (Wildman–Crippen MR) is 75.1 cm³/mol. The van der Waals surface area contributed by atoms with Crippen LogP contribution in [0, 0.1) is 12.7 Å². The third-order valence-electron chi connectivity index (χ3n) is 3.43. The summed E-state index contributed by atoms with van der Waals surface area (Å²) in [6.45, 7) is 1.87. The van der Waals surface area contributed by atoms with Gasteiger partial charge in [-0.3, -0.25) is 4.40 Å². The van der Waals surface area contributed by atoms with Gasteiger partial charge in [-0.05, 0) is 24.6 Å². The highest BCUT2D eigenvalue weighted by molar-refractivity contribution is 5.45. The Kier molecular flexibility index (Phi) is 3.24. The van der Waals surface area contributed by atoms with E-state index in [9.17, 15) is 9.50 Å². The van der Waals surface area contributed by atoms with E-state index in [0.29, 0.717) is 17.8 Å². The molecule has 2 aromatic heterocycles. The van der Waals surface area contributed by atoms with Crippen molar-refractivity contribution < 1.29 is 9.50 Å². The molecule has 0 saturated carbocycles. The molecule has 0 amide bonds. The maximum Gasteiger partial charge on any atom is 0.173 e. The number of benzene rings is 1. The Balaban J connectivity index is 2.07. The predicted octanol–water partition coefficient (Wildman–Crippen LogP) is 2.86. The molecular weight excluding hydrogens is 255 g/mol. The van der Waals surface area contributed by atoms with Gasteiger partial charge in [0.25, 0.3) is 0 Å². The largest absolute Gasteiger partial charge is 0.390 e. The van der Waals surface area contributed by atoms with Gasteiger partial charge < -0.3 is 5.11 Å². The van der Waals surface area contributed by atoms with Crippen LogP contribution in [0.4, 0.5) is 4.39 Å². The number of aryl methyl sites for hydroxylation is 1.